The summed E-state index contributed by atoms with van der Waals surface area (Å²) in [5, 5.41) is 3.01. The molecule has 3 nitrogen and oxygen atoms in total. The van der Waals surface area contributed by atoms with E-state index in [1.165, 1.54) is 43.9 Å². The Morgan fingerprint density at radius 2 is 2.00 bits per heavy atom. The van der Waals surface area contributed by atoms with Crippen LogP contribution in [-0.4, -0.2) is 18.6 Å². The summed E-state index contributed by atoms with van der Waals surface area (Å²) in [6, 6.07) is 4.41. The lowest BCUT2D eigenvalue weighted by Gasteiger charge is -2.16. The molecule has 0 heterocycles. The number of ether oxygens (including phenoxy) is 1. The smallest absolute Gasteiger partial charge is 0.258 e. The molecule has 0 bridgehead atoms. The summed E-state index contributed by atoms with van der Waals surface area (Å²) in [5.41, 5.74) is 0. The highest BCUT2D eigenvalue weighted by Crippen LogP contribution is 2.25. The first-order chi connectivity index (χ1) is 9.65. The molecule has 1 aliphatic carbocycles. The van der Waals surface area contributed by atoms with Crippen LogP contribution in [0.15, 0.2) is 22.7 Å². The van der Waals surface area contributed by atoms with E-state index in [9.17, 15) is 9.18 Å². The third-order valence-corrected chi connectivity index (χ3v) is 4.09. The van der Waals surface area contributed by atoms with Gasteiger partial charge in [0.25, 0.3) is 5.91 Å². The minimum Gasteiger partial charge on any atom is -0.483 e. The van der Waals surface area contributed by atoms with Crippen LogP contribution >= 0.6 is 15.9 Å². The normalized spacial score (nSPS) is 16.5. The standard InChI is InChI=1S/C15H19BrFNO2/c16-13-9-11(17)7-8-14(13)20-10-15(19)18-12-5-3-1-2-4-6-12/h7-9,12H,1-6,10H2,(H,18,19). The Labute approximate surface area is 127 Å². The van der Waals surface area contributed by atoms with Crippen molar-refractivity contribution in [2.24, 2.45) is 0 Å². The fourth-order valence-electron chi connectivity index (χ4n) is 2.43. The van der Waals surface area contributed by atoms with Gasteiger partial charge < -0.3 is 10.1 Å². The van der Waals surface area contributed by atoms with Gasteiger partial charge in [-0.1, -0.05) is 25.7 Å². The van der Waals surface area contributed by atoms with E-state index in [1.54, 1.807) is 0 Å². The maximum absolute atomic E-state index is 12.9. The summed E-state index contributed by atoms with van der Waals surface area (Å²) in [5.74, 6) is 0.0164. The number of hydrogen-bond donors (Lipinski definition) is 1. The molecular formula is C15H19BrFNO2. The highest BCUT2D eigenvalue weighted by Gasteiger charge is 2.15. The molecule has 110 valence electrons. The van der Waals surface area contributed by atoms with Crippen molar-refractivity contribution in [3.63, 3.8) is 0 Å². The summed E-state index contributed by atoms with van der Waals surface area (Å²) in [7, 11) is 0. The van der Waals surface area contributed by atoms with Crippen LogP contribution in [0.5, 0.6) is 5.75 Å². The average molecular weight is 344 g/mol. The van der Waals surface area contributed by atoms with E-state index in [0.717, 1.165) is 12.8 Å². The largest absolute Gasteiger partial charge is 0.483 e. The zero-order valence-electron chi connectivity index (χ0n) is 11.3. The van der Waals surface area contributed by atoms with Crippen molar-refractivity contribution in [1.29, 1.82) is 0 Å². The number of carbonyl (C=O) groups excluding carboxylic acids is 1. The van der Waals surface area contributed by atoms with Crippen LogP contribution in [0, 0.1) is 5.82 Å². The van der Waals surface area contributed by atoms with E-state index in [1.807, 2.05) is 0 Å². The zero-order chi connectivity index (χ0) is 14.4. The van der Waals surface area contributed by atoms with Gasteiger partial charge in [-0.15, -0.1) is 0 Å². The Hall–Kier alpha value is -1.10. The summed E-state index contributed by atoms with van der Waals surface area (Å²) >= 11 is 3.21. The number of amides is 1. The summed E-state index contributed by atoms with van der Waals surface area (Å²) in [4.78, 5) is 11.8. The van der Waals surface area contributed by atoms with Crippen LogP contribution in [0.3, 0.4) is 0 Å². The average Bonchev–Trinajstić information content (AvgIpc) is 2.66. The van der Waals surface area contributed by atoms with Gasteiger partial charge in [0, 0.05) is 6.04 Å². The first-order valence-electron chi connectivity index (χ1n) is 7.02. The molecule has 0 radical (unpaired) electrons. The van der Waals surface area contributed by atoms with E-state index < -0.39 is 0 Å². The van der Waals surface area contributed by atoms with Crippen LogP contribution < -0.4 is 10.1 Å². The second-order valence-electron chi connectivity index (χ2n) is 5.12. The van der Waals surface area contributed by atoms with Crippen molar-refractivity contribution in [3.05, 3.63) is 28.5 Å². The van der Waals surface area contributed by atoms with Crippen molar-refractivity contribution in [1.82, 2.24) is 5.32 Å². The van der Waals surface area contributed by atoms with Crippen LogP contribution in [0.1, 0.15) is 38.5 Å². The van der Waals surface area contributed by atoms with Gasteiger partial charge >= 0.3 is 0 Å². The second kappa shape index (κ2) is 7.62. The molecule has 2 rings (SSSR count). The van der Waals surface area contributed by atoms with E-state index in [2.05, 4.69) is 21.2 Å². The molecule has 1 fully saturated rings. The summed E-state index contributed by atoms with van der Waals surface area (Å²) in [6.07, 6.45) is 6.96. The second-order valence-corrected chi connectivity index (χ2v) is 5.97. The number of carbonyl (C=O) groups is 1. The molecule has 5 heteroatoms. The lowest BCUT2D eigenvalue weighted by Crippen LogP contribution is -2.37. The van der Waals surface area contributed by atoms with Gasteiger partial charge in [-0.25, -0.2) is 4.39 Å². The number of nitrogens with one attached hydrogen (secondary N) is 1. The van der Waals surface area contributed by atoms with Crippen molar-refractivity contribution in [2.75, 3.05) is 6.61 Å². The first-order valence-corrected chi connectivity index (χ1v) is 7.81. The van der Waals surface area contributed by atoms with Gasteiger partial charge in [0.1, 0.15) is 11.6 Å². The fourth-order valence-corrected chi connectivity index (χ4v) is 2.89. The first kappa shape index (κ1) is 15.3. The molecule has 1 N–H and O–H groups in total. The van der Waals surface area contributed by atoms with Crippen LogP contribution in [-0.2, 0) is 4.79 Å². The predicted molar refractivity (Wildman–Crippen MR) is 79.2 cm³/mol. The molecule has 0 spiro atoms. The molecule has 0 unspecified atom stereocenters. The minimum atomic E-state index is -0.341. The maximum atomic E-state index is 12.9. The van der Waals surface area contributed by atoms with E-state index in [4.69, 9.17) is 4.74 Å². The fraction of sp³-hybridized carbons (Fsp3) is 0.533. The maximum Gasteiger partial charge on any atom is 0.258 e. The lowest BCUT2D eigenvalue weighted by atomic mass is 10.1. The third kappa shape index (κ3) is 4.78. The Morgan fingerprint density at radius 1 is 1.30 bits per heavy atom. The third-order valence-electron chi connectivity index (χ3n) is 3.47. The zero-order valence-corrected chi connectivity index (χ0v) is 12.9. The van der Waals surface area contributed by atoms with Gasteiger partial charge in [0.2, 0.25) is 0 Å². The number of hydrogen-bond acceptors (Lipinski definition) is 2. The molecule has 0 saturated heterocycles. The van der Waals surface area contributed by atoms with Gasteiger partial charge in [-0.2, -0.15) is 0 Å². The Kier molecular flexibility index (Phi) is 5.83. The molecule has 1 aromatic carbocycles. The Balaban J connectivity index is 1.79. The van der Waals surface area contributed by atoms with Crippen LogP contribution in [0.2, 0.25) is 0 Å². The minimum absolute atomic E-state index is 0.0409. The number of benzene rings is 1. The predicted octanol–water partition coefficient (Wildman–Crippen LogP) is 3.81. The lowest BCUT2D eigenvalue weighted by molar-refractivity contribution is -0.123. The topological polar surface area (TPSA) is 38.3 Å². The molecule has 1 aromatic rings. The van der Waals surface area contributed by atoms with Crippen molar-refractivity contribution >= 4 is 21.8 Å². The summed E-state index contributed by atoms with van der Waals surface area (Å²) in [6.45, 7) is -0.0409. The molecule has 0 atom stereocenters. The van der Waals surface area contributed by atoms with E-state index in [0.29, 0.717) is 10.2 Å². The van der Waals surface area contributed by atoms with Gasteiger partial charge in [0.05, 0.1) is 4.47 Å². The van der Waals surface area contributed by atoms with Gasteiger partial charge in [-0.3, -0.25) is 4.79 Å². The molecule has 0 aliphatic heterocycles. The molecule has 20 heavy (non-hydrogen) atoms. The molecule has 1 saturated carbocycles. The molecule has 1 aliphatic rings. The highest BCUT2D eigenvalue weighted by atomic mass is 79.9. The van der Waals surface area contributed by atoms with E-state index >= 15 is 0 Å². The Morgan fingerprint density at radius 3 is 2.65 bits per heavy atom. The Bertz CT molecular complexity index is 459. The van der Waals surface area contributed by atoms with Crippen LogP contribution in [0.4, 0.5) is 4.39 Å². The highest BCUT2D eigenvalue weighted by molar-refractivity contribution is 9.10. The van der Waals surface area contributed by atoms with Gasteiger partial charge in [0.15, 0.2) is 6.61 Å². The number of halogens is 2. The molecule has 1 amide bonds. The monoisotopic (exact) mass is 343 g/mol. The summed E-state index contributed by atoms with van der Waals surface area (Å²) < 4.78 is 18.8. The van der Waals surface area contributed by atoms with Crippen molar-refractivity contribution in [2.45, 2.75) is 44.6 Å². The van der Waals surface area contributed by atoms with Gasteiger partial charge in [-0.05, 0) is 47.0 Å². The number of rotatable bonds is 4. The molecule has 0 aromatic heterocycles. The molecular weight excluding hydrogens is 325 g/mol. The van der Waals surface area contributed by atoms with Crippen molar-refractivity contribution in [3.8, 4) is 5.75 Å². The van der Waals surface area contributed by atoms with E-state index in [-0.39, 0.29) is 24.4 Å². The quantitative estimate of drug-likeness (QED) is 0.844. The van der Waals surface area contributed by atoms with Crippen molar-refractivity contribution < 1.29 is 13.9 Å². The SMILES string of the molecule is O=C(COc1ccc(F)cc1Br)NC1CCCCCC1. The van der Waals surface area contributed by atoms with Crippen LogP contribution in [0.25, 0.3) is 0 Å².